The summed E-state index contributed by atoms with van der Waals surface area (Å²) in [5.41, 5.74) is 5.60. The van der Waals surface area contributed by atoms with Gasteiger partial charge < -0.3 is 9.09 Å². The maximum absolute atomic E-state index is 5.66. The van der Waals surface area contributed by atoms with Crippen LogP contribution < -0.4 is 0 Å². The van der Waals surface area contributed by atoms with E-state index in [9.17, 15) is 0 Å². The largest absolute Gasteiger partial charge is 0.333 e. The number of aryl methyl sites for hydroxylation is 1. The third-order valence-electron chi connectivity index (χ3n) is 4.71. The van der Waals surface area contributed by atoms with Gasteiger partial charge in [0.1, 0.15) is 4.88 Å². The molecule has 3 heterocycles. The minimum atomic E-state index is 0.535. The summed E-state index contributed by atoms with van der Waals surface area (Å²) in [5, 5.41) is 6.36. The van der Waals surface area contributed by atoms with Crippen LogP contribution in [0.4, 0.5) is 0 Å². The monoisotopic (exact) mass is 383 g/mol. The Morgan fingerprint density at radius 1 is 0.857 bits per heavy atom. The van der Waals surface area contributed by atoms with Gasteiger partial charge in [-0.1, -0.05) is 59.8 Å². The first-order chi connectivity index (χ1) is 13.8. The van der Waals surface area contributed by atoms with Gasteiger partial charge in [0.05, 0.1) is 5.69 Å². The third-order valence-corrected chi connectivity index (χ3v) is 5.67. The number of hydrogen-bond donors (Lipinski definition) is 0. The molecule has 5 rings (SSSR count). The van der Waals surface area contributed by atoms with Crippen LogP contribution in [-0.4, -0.2) is 14.7 Å². The van der Waals surface area contributed by atoms with E-state index in [4.69, 9.17) is 4.52 Å². The van der Waals surface area contributed by atoms with Gasteiger partial charge in [0, 0.05) is 28.9 Å². The van der Waals surface area contributed by atoms with Crippen molar-refractivity contribution >= 4 is 11.3 Å². The lowest BCUT2D eigenvalue weighted by atomic mass is 10.0. The normalized spacial score (nSPS) is 11.0. The molecule has 0 radical (unpaired) electrons. The van der Waals surface area contributed by atoms with Gasteiger partial charge in [0.25, 0.3) is 5.89 Å². The van der Waals surface area contributed by atoms with Crippen molar-refractivity contribution in [1.82, 2.24) is 14.7 Å². The Balaban J connectivity index is 1.67. The Bertz CT molecular complexity index is 1220. The van der Waals surface area contributed by atoms with Gasteiger partial charge in [-0.15, -0.1) is 11.3 Å². The van der Waals surface area contributed by atoms with Gasteiger partial charge in [-0.25, -0.2) is 0 Å². The second kappa shape index (κ2) is 6.94. The predicted octanol–water partition coefficient (Wildman–Crippen LogP) is 6.23. The molecule has 0 saturated heterocycles. The molecule has 0 aliphatic heterocycles. The van der Waals surface area contributed by atoms with Crippen molar-refractivity contribution < 1.29 is 4.52 Å². The fourth-order valence-corrected chi connectivity index (χ4v) is 4.31. The zero-order chi connectivity index (χ0) is 18.9. The lowest BCUT2D eigenvalue weighted by Gasteiger charge is -2.10. The van der Waals surface area contributed by atoms with E-state index in [0.717, 1.165) is 21.7 Å². The molecule has 136 valence electrons. The second-order valence-corrected chi connectivity index (χ2v) is 7.40. The fraction of sp³-hybridized carbons (Fsp3) is 0.0435. The van der Waals surface area contributed by atoms with Crippen molar-refractivity contribution in [2.75, 3.05) is 0 Å². The van der Waals surface area contributed by atoms with Crippen LogP contribution in [0, 0.1) is 6.92 Å². The third kappa shape index (κ3) is 2.86. The van der Waals surface area contributed by atoms with E-state index in [-0.39, 0.29) is 0 Å². The van der Waals surface area contributed by atoms with E-state index >= 15 is 0 Å². The molecule has 0 atom stereocenters. The maximum atomic E-state index is 5.66. The van der Waals surface area contributed by atoms with E-state index < -0.39 is 0 Å². The summed E-state index contributed by atoms with van der Waals surface area (Å²) < 4.78 is 7.77. The highest BCUT2D eigenvalue weighted by Gasteiger charge is 2.22. The molecular weight excluding hydrogens is 366 g/mol. The summed E-state index contributed by atoms with van der Waals surface area (Å²) in [5.74, 6) is 1.13. The quantitative estimate of drug-likeness (QED) is 0.369. The van der Waals surface area contributed by atoms with E-state index in [2.05, 4.69) is 51.3 Å². The number of aromatic nitrogens is 3. The fourth-order valence-electron chi connectivity index (χ4n) is 3.33. The van der Waals surface area contributed by atoms with Crippen LogP contribution in [0.15, 0.2) is 89.0 Å². The smallest absolute Gasteiger partial charge is 0.270 e. The molecule has 3 aromatic heterocycles. The lowest BCUT2D eigenvalue weighted by molar-refractivity contribution is 0.433. The molecule has 5 aromatic rings. The van der Waals surface area contributed by atoms with Crippen molar-refractivity contribution in [3.63, 3.8) is 0 Å². The lowest BCUT2D eigenvalue weighted by Crippen LogP contribution is -1.94. The highest BCUT2D eigenvalue weighted by molar-refractivity contribution is 7.14. The first-order valence-electron chi connectivity index (χ1n) is 9.01. The van der Waals surface area contributed by atoms with Crippen LogP contribution in [0.3, 0.4) is 0 Å². The number of benzene rings is 2. The second-order valence-electron chi connectivity index (χ2n) is 6.52. The summed E-state index contributed by atoms with van der Waals surface area (Å²) in [7, 11) is 0. The molecule has 0 bridgehead atoms. The topological polar surface area (TPSA) is 43.9 Å². The molecule has 0 spiro atoms. The average Bonchev–Trinajstić information content (AvgIpc) is 3.48. The summed E-state index contributed by atoms with van der Waals surface area (Å²) in [6, 6.07) is 22.3. The average molecular weight is 383 g/mol. The van der Waals surface area contributed by atoms with Crippen LogP contribution in [0.1, 0.15) is 5.56 Å². The van der Waals surface area contributed by atoms with Crippen LogP contribution in [0.25, 0.3) is 39.0 Å². The van der Waals surface area contributed by atoms with Gasteiger partial charge in [-0.3, -0.25) is 0 Å². The van der Waals surface area contributed by atoms with Crippen LogP contribution in [-0.2, 0) is 0 Å². The van der Waals surface area contributed by atoms with Gasteiger partial charge in [-0.05, 0) is 30.2 Å². The number of nitrogens with zero attached hydrogens (tertiary/aromatic N) is 3. The maximum Gasteiger partial charge on any atom is 0.270 e. The molecule has 0 N–H and O–H groups in total. The molecule has 0 saturated carbocycles. The van der Waals surface area contributed by atoms with E-state index in [1.165, 1.54) is 11.1 Å². The Labute approximate surface area is 166 Å². The Hall–Kier alpha value is -3.44. The minimum absolute atomic E-state index is 0.535. The first-order valence-corrected chi connectivity index (χ1v) is 9.89. The molecule has 0 fully saturated rings. The van der Waals surface area contributed by atoms with Gasteiger partial charge in [0.15, 0.2) is 0 Å². The van der Waals surface area contributed by atoms with E-state index in [1.807, 2.05) is 54.9 Å². The van der Waals surface area contributed by atoms with Crippen molar-refractivity contribution in [1.29, 1.82) is 0 Å². The molecule has 0 aliphatic carbocycles. The molecule has 2 aromatic carbocycles. The van der Waals surface area contributed by atoms with Crippen LogP contribution in [0.5, 0.6) is 0 Å². The van der Waals surface area contributed by atoms with Crippen LogP contribution in [0.2, 0.25) is 0 Å². The van der Waals surface area contributed by atoms with Gasteiger partial charge >= 0.3 is 0 Å². The molecule has 28 heavy (non-hydrogen) atoms. The highest BCUT2D eigenvalue weighted by atomic mass is 32.1. The van der Waals surface area contributed by atoms with Crippen molar-refractivity contribution in [2.24, 2.45) is 0 Å². The summed E-state index contributed by atoms with van der Waals surface area (Å²) >= 11 is 1.62. The van der Waals surface area contributed by atoms with Crippen molar-refractivity contribution in [2.45, 2.75) is 6.92 Å². The zero-order valence-corrected chi connectivity index (χ0v) is 16.1. The summed E-state index contributed by atoms with van der Waals surface area (Å²) in [4.78, 5) is 5.63. The molecule has 4 nitrogen and oxygen atoms in total. The number of rotatable bonds is 4. The molecule has 5 heteroatoms. The van der Waals surface area contributed by atoms with Gasteiger partial charge in [0.2, 0.25) is 5.82 Å². The summed E-state index contributed by atoms with van der Waals surface area (Å²) in [6.45, 7) is 2.13. The van der Waals surface area contributed by atoms with Crippen molar-refractivity contribution in [3.05, 3.63) is 90.1 Å². The Morgan fingerprint density at radius 2 is 1.61 bits per heavy atom. The molecule has 0 unspecified atom stereocenters. The molecular formula is C23H17N3OS. The minimum Gasteiger partial charge on any atom is -0.333 e. The Kier molecular flexibility index (Phi) is 4.14. The number of hydrogen-bond acceptors (Lipinski definition) is 4. The van der Waals surface area contributed by atoms with Gasteiger partial charge in [-0.2, -0.15) is 4.98 Å². The predicted molar refractivity (Wildman–Crippen MR) is 113 cm³/mol. The van der Waals surface area contributed by atoms with Crippen molar-refractivity contribution in [3.8, 4) is 39.0 Å². The summed E-state index contributed by atoms with van der Waals surface area (Å²) in [6.07, 6.45) is 4.09. The van der Waals surface area contributed by atoms with Crippen LogP contribution >= 0.6 is 11.3 Å². The van der Waals surface area contributed by atoms with E-state index in [0.29, 0.717) is 11.7 Å². The Morgan fingerprint density at radius 3 is 2.39 bits per heavy atom. The zero-order valence-electron chi connectivity index (χ0n) is 15.2. The molecule has 0 amide bonds. The highest BCUT2D eigenvalue weighted by Crippen LogP contribution is 2.41. The molecule has 0 aliphatic rings. The van der Waals surface area contributed by atoms with E-state index in [1.54, 1.807) is 11.3 Å². The first kappa shape index (κ1) is 16.7. The SMILES string of the molecule is Cc1ccccc1-c1csc(-c2nc(-c3ccccc3)no2)c1-n1cccc1. The number of thiophene rings is 1. The standard InChI is InChI=1S/C23H17N3OS/c1-16-9-5-6-12-18(16)19-15-28-21(20(19)26-13-7-8-14-26)23-24-22(25-27-23)17-10-3-2-4-11-17/h2-15H,1H3.